The normalized spacial score (nSPS) is 20.0. The SMILES string of the molecule is CC(N)(CCCCB(O)O)CCNC1CCCC1. The first-order valence-electron chi connectivity index (χ1n) is 7.38. The Balaban J connectivity index is 2.03. The summed E-state index contributed by atoms with van der Waals surface area (Å²) < 4.78 is 0. The van der Waals surface area contributed by atoms with E-state index in [1.54, 1.807) is 0 Å². The molecule has 106 valence electrons. The second-order valence-corrected chi connectivity index (χ2v) is 6.07. The first-order chi connectivity index (χ1) is 8.49. The molecule has 0 aromatic heterocycles. The molecule has 5 heteroatoms. The van der Waals surface area contributed by atoms with E-state index >= 15 is 0 Å². The molecule has 1 aliphatic rings. The minimum Gasteiger partial charge on any atom is -0.427 e. The average Bonchev–Trinajstić information content (AvgIpc) is 2.77. The van der Waals surface area contributed by atoms with Gasteiger partial charge < -0.3 is 21.1 Å². The molecule has 0 radical (unpaired) electrons. The highest BCUT2D eigenvalue weighted by atomic mass is 16.4. The molecule has 1 atom stereocenters. The van der Waals surface area contributed by atoms with Crippen LogP contribution in [0.15, 0.2) is 0 Å². The van der Waals surface area contributed by atoms with Crippen LogP contribution in [0.2, 0.25) is 6.32 Å². The van der Waals surface area contributed by atoms with Crippen LogP contribution in [0.5, 0.6) is 0 Å². The van der Waals surface area contributed by atoms with Gasteiger partial charge in [0.15, 0.2) is 0 Å². The fraction of sp³-hybridized carbons (Fsp3) is 1.00. The monoisotopic (exact) mass is 256 g/mol. The molecule has 1 aliphatic carbocycles. The minimum atomic E-state index is -1.17. The number of unbranched alkanes of at least 4 members (excludes halogenated alkanes) is 1. The molecule has 1 fully saturated rings. The molecule has 1 saturated carbocycles. The molecule has 1 rings (SSSR count). The van der Waals surface area contributed by atoms with Crippen molar-refractivity contribution in [3.8, 4) is 0 Å². The Bertz CT molecular complexity index is 219. The van der Waals surface area contributed by atoms with E-state index in [0.717, 1.165) is 32.2 Å². The number of hydrogen-bond donors (Lipinski definition) is 4. The summed E-state index contributed by atoms with van der Waals surface area (Å²) in [5.74, 6) is 0. The molecule has 4 nitrogen and oxygen atoms in total. The molecule has 5 N–H and O–H groups in total. The van der Waals surface area contributed by atoms with Gasteiger partial charge in [-0.25, -0.2) is 0 Å². The highest BCUT2D eigenvalue weighted by Gasteiger charge is 2.20. The van der Waals surface area contributed by atoms with Gasteiger partial charge in [0.25, 0.3) is 0 Å². The Labute approximate surface area is 111 Å². The summed E-state index contributed by atoms with van der Waals surface area (Å²) in [6.07, 6.45) is 9.55. The van der Waals surface area contributed by atoms with Gasteiger partial charge in [0.1, 0.15) is 0 Å². The largest absolute Gasteiger partial charge is 0.451 e. The molecule has 0 spiro atoms. The molecule has 0 aliphatic heterocycles. The summed E-state index contributed by atoms with van der Waals surface area (Å²) >= 11 is 0. The number of rotatable bonds is 9. The predicted octanol–water partition coefficient (Wildman–Crippen LogP) is 1.27. The van der Waals surface area contributed by atoms with E-state index in [2.05, 4.69) is 12.2 Å². The van der Waals surface area contributed by atoms with E-state index in [1.165, 1.54) is 25.7 Å². The number of hydrogen-bond acceptors (Lipinski definition) is 4. The molecule has 0 bridgehead atoms. The fourth-order valence-corrected chi connectivity index (χ4v) is 2.67. The maximum atomic E-state index is 8.76. The molecule has 1 unspecified atom stereocenters. The van der Waals surface area contributed by atoms with Crippen molar-refractivity contribution in [3.05, 3.63) is 0 Å². The van der Waals surface area contributed by atoms with Crippen molar-refractivity contribution in [2.45, 2.75) is 76.2 Å². The van der Waals surface area contributed by atoms with Crippen LogP contribution in [-0.2, 0) is 0 Å². The zero-order valence-electron chi connectivity index (χ0n) is 11.7. The van der Waals surface area contributed by atoms with Crippen molar-refractivity contribution in [1.29, 1.82) is 0 Å². The van der Waals surface area contributed by atoms with Gasteiger partial charge in [-0.1, -0.05) is 25.7 Å². The quantitative estimate of drug-likeness (QED) is 0.370. The molecular weight excluding hydrogens is 227 g/mol. The Hall–Kier alpha value is -0.0951. The first-order valence-corrected chi connectivity index (χ1v) is 7.38. The zero-order chi connectivity index (χ0) is 13.4. The lowest BCUT2D eigenvalue weighted by molar-refractivity contribution is 0.360. The first kappa shape index (κ1) is 16.0. The van der Waals surface area contributed by atoms with E-state index in [1.807, 2.05) is 0 Å². The lowest BCUT2D eigenvalue weighted by atomic mass is 9.82. The van der Waals surface area contributed by atoms with Crippen LogP contribution in [0.4, 0.5) is 0 Å². The van der Waals surface area contributed by atoms with Crippen molar-refractivity contribution in [2.75, 3.05) is 6.54 Å². The predicted molar refractivity (Wildman–Crippen MR) is 76.3 cm³/mol. The van der Waals surface area contributed by atoms with Crippen LogP contribution in [0, 0.1) is 0 Å². The van der Waals surface area contributed by atoms with Gasteiger partial charge in [-0.05, 0) is 45.5 Å². The van der Waals surface area contributed by atoms with Crippen molar-refractivity contribution < 1.29 is 10.0 Å². The molecule has 0 amide bonds. The van der Waals surface area contributed by atoms with Gasteiger partial charge in [0.05, 0.1) is 0 Å². The van der Waals surface area contributed by atoms with Crippen LogP contribution in [-0.4, -0.2) is 35.3 Å². The lowest BCUT2D eigenvalue weighted by Crippen LogP contribution is -2.40. The topological polar surface area (TPSA) is 78.5 Å². The van der Waals surface area contributed by atoms with E-state index in [-0.39, 0.29) is 5.54 Å². The summed E-state index contributed by atoms with van der Waals surface area (Å²) in [7, 11) is -1.17. The van der Waals surface area contributed by atoms with Crippen molar-refractivity contribution in [3.63, 3.8) is 0 Å². The Morgan fingerprint density at radius 1 is 1.22 bits per heavy atom. The van der Waals surface area contributed by atoms with Gasteiger partial charge in [0.2, 0.25) is 0 Å². The van der Waals surface area contributed by atoms with E-state index < -0.39 is 7.12 Å². The highest BCUT2D eigenvalue weighted by molar-refractivity contribution is 6.40. The van der Waals surface area contributed by atoms with E-state index in [9.17, 15) is 0 Å². The van der Waals surface area contributed by atoms with Gasteiger partial charge in [-0.3, -0.25) is 0 Å². The van der Waals surface area contributed by atoms with Gasteiger partial charge in [-0.2, -0.15) is 0 Å². The zero-order valence-corrected chi connectivity index (χ0v) is 11.7. The third-order valence-electron chi connectivity index (χ3n) is 3.94. The number of nitrogens with two attached hydrogens (primary N) is 1. The lowest BCUT2D eigenvalue weighted by Gasteiger charge is -2.25. The van der Waals surface area contributed by atoms with Crippen LogP contribution in [0.25, 0.3) is 0 Å². The van der Waals surface area contributed by atoms with E-state index in [0.29, 0.717) is 12.4 Å². The van der Waals surface area contributed by atoms with Gasteiger partial charge >= 0.3 is 7.12 Å². The fourth-order valence-electron chi connectivity index (χ4n) is 2.67. The summed E-state index contributed by atoms with van der Waals surface area (Å²) in [5, 5.41) is 21.1. The number of nitrogens with one attached hydrogen (secondary N) is 1. The summed E-state index contributed by atoms with van der Waals surface area (Å²) in [5.41, 5.74) is 6.12. The second-order valence-electron chi connectivity index (χ2n) is 6.07. The standard InChI is InChI=1S/C13H29BN2O2/c1-13(15,8-4-5-10-14(17)18)9-11-16-12-6-2-3-7-12/h12,16-18H,2-11,15H2,1H3. The average molecular weight is 256 g/mol. The van der Waals surface area contributed by atoms with Crippen LogP contribution >= 0.6 is 0 Å². The Morgan fingerprint density at radius 2 is 1.89 bits per heavy atom. The molecule has 0 heterocycles. The third kappa shape index (κ3) is 7.36. The Kier molecular flexibility index (Phi) is 7.23. The van der Waals surface area contributed by atoms with Crippen LogP contribution in [0.1, 0.15) is 58.3 Å². The summed E-state index contributed by atoms with van der Waals surface area (Å²) in [6, 6.07) is 0.713. The molecule has 0 saturated heterocycles. The van der Waals surface area contributed by atoms with Gasteiger partial charge in [-0.15, -0.1) is 0 Å². The van der Waals surface area contributed by atoms with Gasteiger partial charge in [0, 0.05) is 11.6 Å². The Morgan fingerprint density at radius 3 is 2.50 bits per heavy atom. The summed E-state index contributed by atoms with van der Waals surface area (Å²) in [4.78, 5) is 0. The molecule has 18 heavy (non-hydrogen) atoms. The molecular formula is C13H29BN2O2. The van der Waals surface area contributed by atoms with Crippen molar-refractivity contribution >= 4 is 7.12 Å². The third-order valence-corrected chi connectivity index (χ3v) is 3.94. The molecule has 0 aromatic carbocycles. The van der Waals surface area contributed by atoms with E-state index in [4.69, 9.17) is 15.8 Å². The smallest absolute Gasteiger partial charge is 0.427 e. The van der Waals surface area contributed by atoms with Crippen LogP contribution in [0.3, 0.4) is 0 Å². The second kappa shape index (κ2) is 8.15. The van der Waals surface area contributed by atoms with Crippen LogP contribution < -0.4 is 11.1 Å². The molecule has 0 aromatic rings. The minimum absolute atomic E-state index is 0.133. The van der Waals surface area contributed by atoms with Crippen molar-refractivity contribution in [2.24, 2.45) is 5.73 Å². The highest BCUT2D eigenvalue weighted by Crippen LogP contribution is 2.19. The van der Waals surface area contributed by atoms with Crippen molar-refractivity contribution in [1.82, 2.24) is 5.32 Å². The summed E-state index contributed by atoms with van der Waals surface area (Å²) in [6.45, 7) is 3.10. The maximum absolute atomic E-state index is 8.76. The maximum Gasteiger partial charge on any atom is 0.451 e.